The molecule has 0 spiro atoms. The van der Waals surface area contributed by atoms with Gasteiger partial charge in [0.15, 0.2) is 0 Å². The first-order chi connectivity index (χ1) is 10.2. The summed E-state index contributed by atoms with van der Waals surface area (Å²) < 4.78 is 5.17. The molecule has 0 aromatic heterocycles. The van der Waals surface area contributed by atoms with Gasteiger partial charge in [-0.05, 0) is 36.8 Å². The SMILES string of the molecule is C=CC[C@@H](NC(=O)OCc1ccccc1)C(O)=C1CCC1. The maximum absolute atomic E-state index is 11.8. The number of nitrogens with one attached hydrogen (secondary N) is 1. The number of benzene rings is 1. The van der Waals surface area contributed by atoms with Crippen LogP contribution in [0.15, 0.2) is 54.3 Å². The highest BCUT2D eigenvalue weighted by molar-refractivity contribution is 5.68. The number of ether oxygens (including phenoxy) is 1. The van der Waals surface area contributed by atoms with Crippen molar-refractivity contribution in [3.8, 4) is 0 Å². The van der Waals surface area contributed by atoms with Crippen LogP contribution in [0.25, 0.3) is 0 Å². The van der Waals surface area contributed by atoms with Crippen LogP contribution in [0.3, 0.4) is 0 Å². The quantitative estimate of drug-likeness (QED) is 0.617. The summed E-state index contributed by atoms with van der Waals surface area (Å²) >= 11 is 0. The van der Waals surface area contributed by atoms with Crippen molar-refractivity contribution < 1.29 is 14.6 Å². The standard InChI is InChI=1S/C17H21NO3/c1-2-7-15(16(19)14-10-6-11-14)18-17(20)21-12-13-8-4-3-5-9-13/h2-5,8-9,15,19H,1,6-7,10-12H2,(H,18,20)/t15-/m1/s1. The van der Waals surface area contributed by atoms with Crippen molar-refractivity contribution in [1.82, 2.24) is 5.32 Å². The molecule has 2 N–H and O–H groups in total. The highest BCUT2D eigenvalue weighted by Gasteiger charge is 2.22. The van der Waals surface area contributed by atoms with Crippen LogP contribution in [0.4, 0.5) is 4.79 Å². The molecule has 4 heteroatoms. The van der Waals surface area contributed by atoms with E-state index in [0.717, 1.165) is 30.4 Å². The van der Waals surface area contributed by atoms with E-state index in [2.05, 4.69) is 11.9 Å². The molecule has 1 amide bonds. The second-order valence-corrected chi connectivity index (χ2v) is 5.13. The summed E-state index contributed by atoms with van der Waals surface area (Å²) in [6.07, 6.45) is 4.53. The summed E-state index contributed by atoms with van der Waals surface area (Å²) in [4.78, 5) is 11.8. The molecule has 0 aliphatic heterocycles. The lowest BCUT2D eigenvalue weighted by molar-refractivity contribution is 0.134. The average molecular weight is 287 g/mol. The summed E-state index contributed by atoms with van der Waals surface area (Å²) in [5, 5.41) is 12.9. The van der Waals surface area contributed by atoms with E-state index < -0.39 is 12.1 Å². The number of aliphatic hydroxyl groups excluding tert-OH is 1. The zero-order valence-corrected chi connectivity index (χ0v) is 12.0. The molecular formula is C17H21NO3. The number of carbonyl (C=O) groups excluding carboxylic acids is 1. The molecule has 1 aromatic carbocycles. The Balaban J connectivity index is 1.88. The summed E-state index contributed by atoms with van der Waals surface area (Å²) in [6.45, 7) is 3.87. The number of hydrogen-bond donors (Lipinski definition) is 2. The molecule has 0 heterocycles. The fourth-order valence-electron chi connectivity index (χ4n) is 2.17. The van der Waals surface area contributed by atoms with Crippen LogP contribution in [0.5, 0.6) is 0 Å². The molecule has 0 unspecified atom stereocenters. The number of allylic oxidation sites excluding steroid dienone is 1. The van der Waals surface area contributed by atoms with E-state index in [1.165, 1.54) is 0 Å². The predicted octanol–water partition coefficient (Wildman–Crippen LogP) is 3.85. The summed E-state index contributed by atoms with van der Waals surface area (Å²) in [7, 11) is 0. The van der Waals surface area contributed by atoms with Crippen LogP contribution in [-0.4, -0.2) is 17.2 Å². The number of carbonyl (C=O) groups is 1. The first-order valence-electron chi connectivity index (χ1n) is 7.19. The Morgan fingerprint density at radius 2 is 2.10 bits per heavy atom. The molecule has 1 fully saturated rings. The van der Waals surface area contributed by atoms with Crippen LogP contribution < -0.4 is 5.32 Å². The van der Waals surface area contributed by atoms with E-state index in [4.69, 9.17) is 4.74 Å². The molecule has 1 aliphatic carbocycles. The van der Waals surface area contributed by atoms with Crippen LogP contribution in [0, 0.1) is 0 Å². The maximum Gasteiger partial charge on any atom is 0.408 e. The van der Waals surface area contributed by atoms with Gasteiger partial charge in [0.1, 0.15) is 12.4 Å². The van der Waals surface area contributed by atoms with Gasteiger partial charge in [-0.2, -0.15) is 0 Å². The minimum atomic E-state index is -0.530. The molecule has 0 bridgehead atoms. The Kier molecular flexibility index (Phi) is 5.43. The van der Waals surface area contributed by atoms with Gasteiger partial charge < -0.3 is 15.2 Å². The maximum atomic E-state index is 11.8. The highest BCUT2D eigenvalue weighted by Crippen LogP contribution is 2.29. The van der Waals surface area contributed by atoms with Crippen molar-refractivity contribution in [2.45, 2.75) is 38.3 Å². The van der Waals surface area contributed by atoms with Crippen LogP contribution in [-0.2, 0) is 11.3 Å². The number of amides is 1. The van der Waals surface area contributed by atoms with Crippen LogP contribution >= 0.6 is 0 Å². The van der Waals surface area contributed by atoms with E-state index in [1.54, 1.807) is 6.08 Å². The van der Waals surface area contributed by atoms with Crippen molar-refractivity contribution in [2.75, 3.05) is 0 Å². The monoisotopic (exact) mass is 287 g/mol. The lowest BCUT2D eigenvalue weighted by atomic mass is 9.89. The largest absolute Gasteiger partial charge is 0.510 e. The van der Waals surface area contributed by atoms with E-state index in [0.29, 0.717) is 6.42 Å². The third kappa shape index (κ3) is 4.38. The molecule has 1 aliphatic rings. The van der Waals surface area contributed by atoms with Gasteiger partial charge in [0.05, 0.1) is 6.04 Å². The second-order valence-electron chi connectivity index (χ2n) is 5.13. The Morgan fingerprint density at radius 1 is 1.38 bits per heavy atom. The summed E-state index contributed by atoms with van der Waals surface area (Å²) in [5.41, 5.74) is 1.94. The molecule has 1 atom stereocenters. The first kappa shape index (κ1) is 15.2. The Bertz CT molecular complexity index is 516. The Hall–Kier alpha value is -2.23. The first-order valence-corrected chi connectivity index (χ1v) is 7.19. The van der Waals surface area contributed by atoms with Crippen molar-refractivity contribution in [2.24, 2.45) is 0 Å². The second kappa shape index (κ2) is 7.53. The van der Waals surface area contributed by atoms with Crippen molar-refractivity contribution in [1.29, 1.82) is 0 Å². The smallest absolute Gasteiger partial charge is 0.408 e. The topological polar surface area (TPSA) is 58.6 Å². The van der Waals surface area contributed by atoms with Gasteiger partial charge >= 0.3 is 6.09 Å². The van der Waals surface area contributed by atoms with Crippen LogP contribution in [0.1, 0.15) is 31.2 Å². The van der Waals surface area contributed by atoms with Gasteiger partial charge in [0.25, 0.3) is 0 Å². The third-order valence-electron chi connectivity index (χ3n) is 3.56. The van der Waals surface area contributed by atoms with Crippen molar-refractivity contribution in [3.05, 3.63) is 59.9 Å². The summed E-state index contributed by atoms with van der Waals surface area (Å²) in [6, 6.07) is 9.03. The van der Waals surface area contributed by atoms with Crippen molar-refractivity contribution >= 4 is 6.09 Å². The molecule has 112 valence electrons. The van der Waals surface area contributed by atoms with Gasteiger partial charge in [-0.1, -0.05) is 36.4 Å². The minimum absolute atomic E-state index is 0.213. The highest BCUT2D eigenvalue weighted by atomic mass is 16.5. The molecule has 2 rings (SSSR count). The zero-order chi connectivity index (χ0) is 15.1. The Labute approximate surface area is 125 Å². The normalized spacial score (nSPS) is 14.8. The van der Waals surface area contributed by atoms with E-state index in [1.807, 2.05) is 30.3 Å². The zero-order valence-electron chi connectivity index (χ0n) is 12.0. The van der Waals surface area contributed by atoms with Crippen LogP contribution in [0.2, 0.25) is 0 Å². The number of alkyl carbamates (subject to hydrolysis) is 1. The van der Waals surface area contributed by atoms with E-state index in [9.17, 15) is 9.90 Å². The van der Waals surface area contributed by atoms with Gasteiger partial charge in [0, 0.05) is 0 Å². The number of hydrogen-bond acceptors (Lipinski definition) is 3. The lowest BCUT2D eigenvalue weighted by Gasteiger charge is -2.24. The molecule has 1 aromatic rings. The average Bonchev–Trinajstić information content (AvgIpc) is 2.44. The number of rotatable bonds is 6. The number of aliphatic hydroxyl groups is 1. The van der Waals surface area contributed by atoms with Gasteiger partial charge in [-0.15, -0.1) is 6.58 Å². The fourth-order valence-corrected chi connectivity index (χ4v) is 2.17. The predicted molar refractivity (Wildman–Crippen MR) is 81.9 cm³/mol. The minimum Gasteiger partial charge on any atom is -0.510 e. The Morgan fingerprint density at radius 3 is 2.67 bits per heavy atom. The molecule has 0 radical (unpaired) electrons. The summed E-state index contributed by atoms with van der Waals surface area (Å²) in [5.74, 6) is 0.262. The molecular weight excluding hydrogens is 266 g/mol. The lowest BCUT2D eigenvalue weighted by Crippen LogP contribution is -2.37. The molecule has 1 saturated carbocycles. The third-order valence-corrected chi connectivity index (χ3v) is 3.56. The molecule has 4 nitrogen and oxygen atoms in total. The van der Waals surface area contributed by atoms with Crippen molar-refractivity contribution in [3.63, 3.8) is 0 Å². The van der Waals surface area contributed by atoms with Gasteiger partial charge in [-0.3, -0.25) is 0 Å². The fraction of sp³-hybridized carbons (Fsp3) is 0.353. The van der Waals surface area contributed by atoms with Gasteiger partial charge in [-0.25, -0.2) is 4.79 Å². The van der Waals surface area contributed by atoms with E-state index in [-0.39, 0.29) is 12.4 Å². The van der Waals surface area contributed by atoms with Gasteiger partial charge in [0.2, 0.25) is 0 Å². The van der Waals surface area contributed by atoms with E-state index >= 15 is 0 Å². The molecule has 21 heavy (non-hydrogen) atoms. The molecule has 0 saturated heterocycles.